The molecule has 0 aliphatic carbocycles. The molecule has 1 heterocycles. The summed E-state index contributed by atoms with van der Waals surface area (Å²) in [5, 5.41) is 12.8. The molecule has 0 amide bonds. The van der Waals surface area contributed by atoms with Crippen molar-refractivity contribution in [3.63, 3.8) is 0 Å². The van der Waals surface area contributed by atoms with Gasteiger partial charge in [-0.15, -0.1) is 0 Å². The van der Waals surface area contributed by atoms with E-state index in [-0.39, 0.29) is 0 Å². The number of aryl methyl sites for hydroxylation is 1. The van der Waals surface area contributed by atoms with Crippen LogP contribution in [0.4, 0.5) is 0 Å². The Labute approximate surface area is 78.6 Å². The highest BCUT2D eigenvalue weighted by molar-refractivity contribution is 5.36. The number of aromatic hydroxyl groups is 1. The molecule has 1 aliphatic rings. The number of nitrogens with one attached hydrogen (secondary N) is 1. The van der Waals surface area contributed by atoms with Crippen molar-refractivity contribution >= 4 is 0 Å². The van der Waals surface area contributed by atoms with Gasteiger partial charge in [-0.3, -0.25) is 0 Å². The lowest BCUT2D eigenvalue weighted by molar-refractivity contribution is 0.472. The van der Waals surface area contributed by atoms with Gasteiger partial charge in [0.2, 0.25) is 0 Å². The molecule has 0 unspecified atom stereocenters. The molecule has 2 heteroatoms. The summed E-state index contributed by atoms with van der Waals surface area (Å²) in [5.74, 6) is 0.370. The Bertz CT molecular complexity index is 303. The smallest absolute Gasteiger partial charge is 0.115 e. The Kier molecular flexibility index (Phi) is 2.23. The Morgan fingerprint density at radius 3 is 3.00 bits per heavy atom. The largest absolute Gasteiger partial charge is 0.508 e. The summed E-state index contributed by atoms with van der Waals surface area (Å²) in [7, 11) is 0. The summed E-state index contributed by atoms with van der Waals surface area (Å²) in [4.78, 5) is 0. The van der Waals surface area contributed by atoms with Gasteiger partial charge >= 0.3 is 0 Å². The maximum atomic E-state index is 9.37. The van der Waals surface area contributed by atoms with Crippen molar-refractivity contribution in [2.24, 2.45) is 0 Å². The summed E-state index contributed by atoms with van der Waals surface area (Å²) in [5.41, 5.74) is 2.51. The van der Waals surface area contributed by atoms with E-state index in [0.717, 1.165) is 6.54 Å². The highest BCUT2D eigenvalue weighted by atomic mass is 16.3. The van der Waals surface area contributed by atoms with Crippen molar-refractivity contribution in [1.29, 1.82) is 0 Å². The predicted molar refractivity (Wildman–Crippen MR) is 52.8 cm³/mol. The van der Waals surface area contributed by atoms with E-state index in [1.165, 1.54) is 24.0 Å². The lowest BCUT2D eigenvalue weighted by Crippen LogP contribution is -2.13. The molecule has 0 aromatic heterocycles. The molecule has 1 aromatic rings. The molecule has 1 fully saturated rings. The van der Waals surface area contributed by atoms with E-state index >= 15 is 0 Å². The zero-order chi connectivity index (χ0) is 9.26. The molecule has 1 saturated heterocycles. The number of phenolic OH excluding ortho intramolecular Hbond substituents is 1. The molecular weight excluding hydrogens is 162 g/mol. The van der Waals surface area contributed by atoms with Gasteiger partial charge in [-0.25, -0.2) is 0 Å². The maximum absolute atomic E-state index is 9.37. The van der Waals surface area contributed by atoms with Crippen LogP contribution in [0.2, 0.25) is 0 Å². The van der Waals surface area contributed by atoms with E-state index in [1.807, 2.05) is 12.1 Å². The topological polar surface area (TPSA) is 32.3 Å². The molecule has 2 rings (SSSR count). The quantitative estimate of drug-likeness (QED) is 0.688. The van der Waals surface area contributed by atoms with Crippen LogP contribution >= 0.6 is 0 Å². The molecule has 0 bridgehead atoms. The molecule has 1 aromatic carbocycles. The molecule has 1 aliphatic heterocycles. The van der Waals surface area contributed by atoms with Crippen LogP contribution < -0.4 is 5.32 Å². The Morgan fingerprint density at radius 1 is 1.46 bits per heavy atom. The lowest BCUT2D eigenvalue weighted by atomic mass is 10.00. The second-order valence-corrected chi connectivity index (χ2v) is 3.69. The van der Waals surface area contributed by atoms with Gasteiger partial charge in [-0.1, -0.05) is 6.07 Å². The fraction of sp³-hybridized carbons (Fsp3) is 0.455. The molecule has 2 nitrogen and oxygen atoms in total. The van der Waals surface area contributed by atoms with Crippen LogP contribution in [0.5, 0.6) is 5.75 Å². The van der Waals surface area contributed by atoms with E-state index in [1.54, 1.807) is 6.07 Å². The Balaban J connectivity index is 2.32. The number of benzene rings is 1. The minimum Gasteiger partial charge on any atom is -0.508 e. The van der Waals surface area contributed by atoms with Crippen molar-refractivity contribution in [1.82, 2.24) is 5.32 Å². The van der Waals surface area contributed by atoms with Crippen LogP contribution in [-0.2, 0) is 0 Å². The fourth-order valence-corrected chi connectivity index (χ4v) is 1.95. The van der Waals surface area contributed by atoms with E-state index in [4.69, 9.17) is 0 Å². The number of phenols is 1. The third-order valence-corrected chi connectivity index (χ3v) is 2.70. The number of hydrogen-bond donors (Lipinski definition) is 2. The Morgan fingerprint density at radius 2 is 2.31 bits per heavy atom. The van der Waals surface area contributed by atoms with E-state index < -0.39 is 0 Å². The molecule has 13 heavy (non-hydrogen) atoms. The summed E-state index contributed by atoms with van der Waals surface area (Å²) in [6.45, 7) is 3.19. The van der Waals surface area contributed by atoms with Gasteiger partial charge < -0.3 is 10.4 Å². The van der Waals surface area contributed by atoms with Crippen LogP contribution in [0, 0.1) is 6.92 Å². The zero-order valence-corrected chi connectivity index (χ0v) is 7.88. The van der Waals surface area contributed by atoms with E-state index in [2.05, 4.69) is 12.2 Å². The van der Waals surface area contributed by atoms with Crippen molar-refractivity contribution in [2.45, 2.75) is 25.8 Å². The highest BCUT2D eigenvalue weighted by Crippen LogP contribution is 2.28. The van der Waals surface area contributed by atoms with Gasteiger partial charge in [0.05, 0.1) is 0 Å². The first-order valence-electron chi connectivity index (χ1n) is 4.80. The zero-order valence-electron chi connectivity index (χ0n) is 7.88. The third kappa shape index (κ3) is 1.68. The molecule has 2 N–H and O–H groups in total. The van der Waals surface area contributed by atoms with E-state index in [0.29, 0.717) is 11.8 Å². The first-order valence-corrected chi connectivity index (χ1v) is 4.80. The second kappa shape index (κ2) is 3.38. The lowest BCUT2D eigenvalue weighted by Gasteiger charge is -2.13. The summed E-state index contributed by atoms with van der Waals surface area (Å²) in [6.07, 6.45) is 2.42. The minimum absolute atomic E-state index is 0.370. The van der Waals surface area contributed by atoms with Gasteiger partial charge in [0.15, 0.2) is 0 Å². The average Bonchev–Trinajstić information content (AvgIpc) is 2.61. The van der Waals surface area contributed by atoms with Gasteiger partial charge in [0.25, 0.3) is 0 Å². The third-order valence-electron chi connectivity index (χ3n) is 2.70. The minimum atomic E-state index is 0.370. The molecule has 0 spiro atoms. The SMILES string of the molecule is Cc1ccc(O)cc1[C@@H]1CCCN1. The van der Waals surface area contributed by atoms with Gasteiger partial charge in [0.1, 0.15) is 5.75 Å². The van der Waals surface area contributed by atoms with Gasteiger partial charge in [0, 0.05) is 6.04 Å². The maximum Gasteiger partial charge on any atom is 0.115 e. The van der Waals surface area contributed by atoms with Crippen LogP contribution in [-0.4, -0.2) is 11.7 Å². The molecule has 1 atom stereocenters. The monoisotopic (exact) mass is 177 g/mol. The van der Waals surface area contributed by atoms with Crippen LogP contribution in [0.15, 0.2) is 18.2 Å². The van der Waals surface area contributed by atoms with Crippen LogP contribution in [0.3, 0.4) is 0 Å². The van der Waals surface area contributed by atoms with E-state index in [9.17, 15) is 5.11 Å². The summed E-state index contributed by atoms with van der Waals surface area (Å²) < 4.78 is 0. The van der Waals surface area contributed by atoms with Gasteiger partial charge in [-0.05, 0) is 49.6 Å². The Hall–Kier alpha value is -1.02. The van der Waals surface area contributed by atoms with Gasteiger partial charge in [-0.2, -0.15) is 0 Å². The highest BCUT2D eigenvalue weighted by Gasteiger charge is 2.17. The van der Waals surface area contributed by atoms with Crippen molar-refractivity contribution in [3.05, 3.63) is 29.3 Å². The van der Waals surface area contributed by atoms with Crippen molar-refractivity contribution < 1.29 is 5.11 Å². The average molecular weight is 177 g/mol. The molecule has 0 radical (unpaired) electrons. The molecular formula is C11H15NO. The van der Waals surface area contributed by atoms with Crippen LogP contribution in [0.1, 0.15) is 30.0 Å². The number of rotatable bonds is 1. The molecule has 70 valence electrons. The second-order valence-electron chi connectivity index (χ2n) is 3.69. The molecule has 0 saturated carbocycles. The first kappa shape index (κ1) is 8.57. The van der Waals surface area contributed by atoms with Crippen molar-refractivity contribution in [3.8, 4) is 5.75 Å². The summed E-state index contributed by atoms with van der Waals surface area (Å²) >= 11 is 0. The normalized spacial score (nSPS) is 22.1. The standard InChI is InChI=1S/C11H15NO/c1-8-4-5-9(13)7-10(8)11-3-2-6-12-11/h4-5,7,11-13H,2-3,6H2,1H3/t11-/m0/s1. The number of hydrogen-bond acceptors (Lipinski definition) is 2. The van der Waals surface area contributed by atoms with Crippen molar-refractivity contribution in [2.75, 3.05) is 6.54 Å². The summed E-state index contributed by atoms with van der Waals surface area (Å²) in [6, 6.07) is 6.05. The predicted octanol–water partition coefficient (Wildman–Crippen LogP) is 2.13. The van der Waals surface area contributed by atoms with Crippen LogP contribution in [0.25, 0.3) is 0 Å². The fourth-order valence-electron chi connectivity index (χ4n) is 1.95. The first-order chi connectivity index (χ1) is 6.27.